The monoisotopic (exact) mass is 271 g/mol. The predicted molar refractivity (Wildman–Crippen MR) is 78.4 cm³/mol. The van der Waals surface area contributed by atoms with Crippen LogP contribution in [0.5, 0.6) is 0 Å². The van der Waals surface area contributed by atoms with E-state index in [1.807, 2.05) is 18.2 Å². The second-order valence-electron chi connectivity index (χ2n) is 5.62. The lowest BCUT2D eigenvalue weighted by Gasteiger charge is -2.20. The summed E-state index contributed by atoms with van der Waals surface area (Å²) in [7, 11) is 0. The number of hydrogen-bond donors (Lipinski definition) is 1. The van der Waals surface area contributed by atoms with Crippen molar-refractivity contribution in [3.05, 3.63) is 28.5 Å². The molecule has 1 aliphatic rings. The fraction of sp³-hybridized carbons (Fsp3) is 0.467. The van der Waals surface area contributed by atoms with Gasteiger partial charge in [-0.15, -0.1) is 0 Å². The van der Waals surface area contributed by atoms with E-state index in [1.165, 1.54) is 12.8 Å². The summed E-state index contributed by atoms with van der Waals surface area (Å²) >= 11 is 5.49. The zero-order valence-electron chi connectivity index (χ0n) is 11.2. The van der Waals surface area contributed by atoms with E-state index in [0.29, 0.717) is 17.5 Å². The highest BCUT2D eigenvalue weighted by Gasteiger charge is 2.32. The standard InChI is InChI=1S/C15H17N3S/c1-9-3-6-13(10(9)2)18-14-7-11(8-16)4-5-12(14)17-15(18)19/h4-5,7,9-10,13H,3,6H2,1-2H3,(H,17,19). The first-order valence-corrected chi connectivity index (χ1v) is 7.17. The molecule has 0 radical (unpaired) electrons. The van der Waals surface area contributed by atoms with Gasteiger partial charge in [0.2, 0.25) is 0 Å². The van der Waals surface area contributed by atoms with E-state index in [-0.39, 0.29) is 0 Å². The maximum atomic E-state index is 9.06. The van der Waals surface area contributed by atoms with E-state index in [9.17, 15) is 0 Å². The maximum Gasteiger partial charge on any atom is 0.178 e. The topological polar surface area (TPSA) is 44.5 Å². The first kappa shape index (κ1) is 12.4. The maximum absolute atomic E-state index is 9.06. The molecule has 0 amide bonds. The van der Waals surface area contributed by atoms with Crippen LogP contribution in [0.15, 0.2) is 18.2 Å². The van der Waals surface area contributed by atoms with Gasteiger partial charge in [0.15, 0.2) is 4.77 Å². The minimum absolute atomic E-state index is 0.449. The summed E-state index contributed by atoms with van der Waals surface area (Å²) in [5.74, 6) is 1.35. The molecule has 3 rings (SSSR count). The van der Waals surface area contributed by atoms with Gasteiger partial charge in [0.25, 0.3) is 0 Å². The molecule has 2 aromatic rings. The van der Waals surface area contributed by atoms with Crippen molar-refractivity contribution < 1.29 is 0 Å². The quantitative estimate of drug-likeness (QED) is 0.791. The first-order chi connectivity index (χ1) is 9.11. The van der Waals surface area contributed by atoms with Crippen LogP contribution < -0.4 is 0 Å². The molecular formula is C15H17N3S. The number of rotatable bonds is 1. The van der Waals surface area contributed by atoms with Gasteiger partial charge in [-0.1, -0.05) is 13.8 Å². The van der Waals surface area contributed by atoms with E-state index in [1.54, 1.807) is 0 Å². The average molecular weight is 271 g/mol. The molecule has 98 valence electrons. The first-order valence-electron chi connectivity index (χ1n) is 6.76. The van der Waals surface area contributed by atoms with Gasteiger partial charge in [0.05, 0.1) is 22.7 Å². The lowest BCUT2D eigenvalue weighted by molar-refractivity contribution is 0.356. The van der Waals surface area contributed by atoms with Gasteiger partial charge < -0.3 is 9.55 Å². The zero-order valence-corrected chi connectivity index (χ0v) is 12.0. The number of H-pyrrole nitrogens is 1. The lowest BCUT2D eigenvalue weighted by Crippen LogP contribution is -2.14. The second-order valence-corrected chi connectivity index (χ2v) is 6.01. The van der Waals surface area contributed by atoms with Gasteiger partial charge in [-0.3, -0.25) is 0 Å². The molecule has 1 saturated carbocycles. The number of imidazole rings is 1. The Morgan fingerprint density at radius 2 is 2.16 bits per heavy atom. The van der Waals surface area contributed by atoms with E-state index < -0.39 is 0 Å². The van der Waals surface area contributed by atoms with Gasteiger partial charge in [-0.2, -0.15) is 5.26 Å². The van der Waals surface area contributed by atoms with Crippen LogP contribution in [-0.4, -0.2) is 9.55 Å². The third kappa shape index (κ3) is 1.89. The molecule has 19 heavy (non-hydrogen) atoms. The molecule has 4 heteroatoms. The van der Waals surface area contributed by atoms with Crippen molar-refractivity contribution in [2.75, 3.05) is 0 Å². The summed E-state index contributed by atoms with van der Waals surface area (Å²) in [5.41, 5.74) is 2.78. The molecule has 0 bridgehead atoms. The van der Waals surface area contributed by atoms with Gasteiger partial charge in [-0.25, -0.2) is 0 Å². The van der Waals surface area contributed by atoms with Crippen molar-refractivity contribution in [3.63, 3.8) is 0 Å². The Morgan fingerprint density at radius 3 is 2.79 bits per heavy atom. The average Bonchev–Trinajstić information content (AvgIpc) is 2.89. The minimum Gasteiger partial charge on any atom is -0.331 e. The summed E-state index contributed by atoms with van der Waals surface area (Å²) < 4.78 is 3.00. The van der Waals surface area contributed by atoms with Gasteiger partial charge in [0.1, 0.15) is 0 Å². The molecule has 1 aromatic heterocycles. The molecule has 1 aliphatic carbocycles. The van der Waals surface area contributed by atoms with Gasteiger partial charge >= 0.3 is 0 Å². The Morgan fingerprint density at radius 1 is 1.37 bits per heavy atom. The lowest BCUT2D eigenvalue weighted by atomic mass is 9.97. The molecule has 0 aliphatic heterocycles. The third-order valence-corrected chi connectivity index (χ3v) is 4.90. The smallest absolute Gasteiger partial charge is 0.178 e. The molecule has 0 spiro atoms. The highest BCUT2D eigenvalue weighted by Crippen LogP contribution is 2.41. The Balaban J connectivity index is 2.20. The van der Waals surface area contributed by atoms with Crippen LogP contribution in [0.25, 0.3) is 11.0 Å². The van der Waals surface area contributed by atoms with Crippen LogP contribution in [0.4, 0.5) is 0 Å². The van der Waals surface area contributed by atoms with E-state index in [2.05, 4.69) is 29.5 Å². The molecule has 3 unspecified atom stereocenters. The van der Waals surface area contributed by atoms with Crippen molar-refractivity contribution in [1.82, 2.24) is 9.55 Å². The number of benzene rings is 1. The number of aromatic amines is 1. The normalized spacial score (nSPS) is 26.7. The van der Waals surface area contributed by atoms with Crippen LogP contribution in [0.2, 0.25) is 0 Å². The van der Waals surface area contributed by atoms with Crippen LogP contribution in [-0.2, 0) is 0 Å². The number of nitrogens with one attached hydrogen (secondary N) is 1. The number of nitrogens with zero attached hydrogens (tertiary/aromatic N) is 2. The molecular weight excluding hydrogens is 254 g/mol. The molecule has 3 atom stereocenters. The highest BCUT2D eigenvalue weighted by atomic mass is 32.1. The predicted octanol–water partition coefficient (Wildman–Crippen LogP) is 4.18. The molecule has 3 nitrogen and oxygen atoms in total. The fourth-order valence-corrected chi connectivity index (χ4v) is 3.57. The van der Waals surface area contributed by atoms with E-state index in [4.69, 9.17) is 17.5 Å². The largest absolute Gasteiger partial charge is 0.331 e. The summed E-state index contributed by atoms with van der Waals surface area (Å²) in [6, 6.07) is 8.38. The van der Waals surface area contributed by atoms with Crippen molar-refractivity contribution in [2.24, 2.45) is 11.8 Å². The second kappa shape index (κ2) is 4.50. The Bertz CT molecular complexity index is 719. The van der Waals surface area contributed by atoms with Crippen LogP contribution >= 0.6 is 12.2 Å². The summed E-state index contributed by atoms with van der Waals surface area (Å²) in [6.07, 6.45) is 2.42. The molecule has 1 fully saturated rings. The Labute approximate surface area is 117 Å². The van der Waals surface area contributed by atoms with Crippen LogP contribution in [0.3, 0.4) is 0 Å². The van der Waals surface area contributed by atoms with Gasteiger partial charge in [-0.05, 0) is 55.1 Å². The summed E-state index contributed by atoms with van der Waals surface area (Å²) in [6.45, 7) is 4.61. The molecule has 1 N–H and O–H groups in total. The van der Waals surface area contributed by atoms with Gasteiger partial charge in [0, 0.05) is 6.04 Å². The number of fused-ring (bicyclic) bond motifs is 1. The fourth-order valence-electron chi connectivity index (χ4n) is 3.22. The summed E-state index contributed by atoms with van der Waals surface area (Å²) in [5, 5.41) is 9.06. The molecule has 1 aromatic carbocycles. The Kier molecular flexibility index (Phi) is 2.94. The van der Waals surface area contributed by atoms with Crippen molar-refractivity contribution in [2.45, 2.75) is 32.7 Å². The molecule has 1 heterocycles. The zero-order chi connectivity index (χ0) is 13.6. The highest BCUT2D eigenvalue weighted by molar-refractivity contribution is 7.71. The van der Waals surface area contributed by atoms with Crippen LogP contribution in [0, 0.1) is 27.9 Å². The van der Waals surface area contributed by atoms with Crippen LogP contribution in [0.1, 0.15) is 38.3 Å². The van der Waals surface area contributed by atoms with E-state index >= 15 is 0 Å². The van der Waals surface area contributed by atoms with Crippen molar-refractivity contribution in [1.29, 1.82) is 5.26 Å². The Hall–Kier alpha value is -1.60. The van der Waals surface area contributed by atoms with Crippen molar-refractivity contribution in [3.8, 4) is 6.07 Å². The minimum atomic E-state index is 0.449. The van der Waals surface area contributed by atoms with E-state index in [0.717, 1.165) is 21.7 Å². The molecule has 0 saturated heterocycles. The number of hydrogen-bond acceptors (Lipinski definition) is 2. The number of aromatic nitrogens is 2. The number of nitriles is 1. The van der Waals surface area contributed by atoms with Crippen molar-refractivity contribution >= 4 is 23.3 Å². The third-order valence-electron chi connectivity index (χ3n) is 4.60. The SMILES string of the molecule is CC1CCC(n2c(=S)[nH]c3ccc(C#N)cc32)C1C. The summed E-state index contributed by atoms with van der Waals surface area (Å²) in [4.78, 5) is 3.26.